The van der Waals surface area contributed by atoms with Gasteiger partial charge in [-0.1, -0.05) is 25.4 Å². The molecule has 2 rings (SSSR count). The van der Waals surface area contributed by atoms with Gasteiger partial charge in [-0.2, -0.15) is 21.6 Å². The molecule has 0 fully saturated rings. The summed E-state index contributed by atoms with van der Waals surface area (Å²) in [5.74, 6) is -0.706. The molecule has 0 aromatic carbocycles. The molecule has 2 aromatic heterocycles. The summed E-state index contributed by atoms with van der Waals surface area (Å²) in [5, 5.41) is 0.575. The van der Waals surface area contributed by atoms with E-state index in [9.17, 15) is 21.6 Å². The van der Waals surface area contributed by atoms with Crippen molar-refractivity contribution in [3.63, 3.8) is 0 Å². The fraction of sp³-hybridized carbons (Fsp3) is 0.333. The zero-order valence-electron chi connectivity index (χ0n) is 11.3. The Morgan fingerprint density at radius 3 is 2.36 bits per heavy atom. The van der Waals surface area contributed by atoms with Gasteiger partial charge >= 0.3 is 15.6 Å². The number of halogens is 4. The quantitative estimate of drug-likeness (QED) is 0.478. The third-order valence-electron chi connectivity index (χ3n) is 2.83. The van der Waals surface area contributed by atoms with Crippen LogP contribution >= 0.6 is 11.6 Å². The van der Waals surface area contributed by atoms with Gasteiger partial charge in [0.15, 0.2) is 0 Å². The Kier molecular flexibility index (Phi) is 4.22. The second-order valence-corrected chi connectivity index (χ2v) is 6.63. The number of hydrogen-bond donors (Lipinski definition) is 0. The average molecular weight is 355 g/mol. The summed E-state index contributed by atoms with van der Waals surface area (Å²) in [6.45, 7) is 3.69. The van der Waals surface area contributed by atoms with Gasteiger partial charge in [0.1, 0.15) is 5.15 Å². The van der Waals surface area contributed by atoms with E-state index in [2.05, 4.69) is 14.2 Å². The first-order valence-corrected chi connectivity index (χ1v) is 7.76. The number of rotatable bonds is 3. The van der Waals surface area contributed by atoms with Crippen molar-refractivity contribution < 1.29 is 25.8 Å². The third kappa shape index (κ3) is 3.09. The van der Waals surface area contributed by atoms with Gasteiger partial charge in [0.05, 0.1) is 5.39 Å². The van der Waals surface area contributed by atoms with Crippen LogP contribution in [0.25, 0.3) is 10.8 Å². The second-order valence-electron chi connectivity index (χ2n) is 4.71. The Balaban J connectivity index is 2.65. The Hall–Kier alpha value is -1.61. The van der Waals surface area contributed by atoms with Gasteiger partial charge in [-0.3, -0.25) is 0 Å². The molecule has 0 saturated carbocycles. The van der Waals surface area contributed by atoms with Gasteiger partial charge in [0, 0.05) is 12.4 Å². The van der Waals surface area contributed by atoms with Crippen LogP contribution in [0.1, 0.15) is 25.3 Å². The molecule has 0 saturated heterocycles. The molecule has 0 unspecified atom stereocenters. The maximum absolute atomic E-state index is 12.4. The first-order valence-electron chi connectivity index (χ1n) is 5.98. The minimum atomic E-state index is -5.81. The van der Waals surface area contributed by atoms with Crippen LogP contribution in [0.2, 0.25) is 5.15 Å². The molecule has 0 spiro atoms. The largest absolute Gasteiger partial charge is 0.534 e. The van der Waals surface area contributed by atoms with Crippen molar-refractivity contribution in [2.45, 2.75) is 25.3 Å². The summed E-state index contributed by atoms with van der Waals surface area (Å²) in [7, 11) is -5.81. The van der Waals surface area contributed by atoms with Gasteiger partial charge < -0.3 is 4.18 Å². The van der Waals surface area contributed by atoms with Crippen molar-refractivity contribution >= 4 is 32.5 Å². The van der Waals surface area contributed by atoms with Crippen LogP contribution in [-0.2, 0) is 10.1 Å². The van der Waals surface area contributed by atoms with E-state index in [0.29, 0.717) is 10.9 Å². The van der Waals surface area contributed by atoms with Crippen molar-refractivity contribution in [1.29, 1.82) is 0 Å². The second kappa shape index (κ2) is 5.54. The summed E-state index contributed by atoms with van der Waals surface area (Å²) in [5.41, 5.74) is -4.87. The smallest absolute Gasteiger partial charge is 0.355 e. The molecule has 0 radical (unpaired) electrons. The lowest BCUT2D eigenvalue weighted by Gasteiger charge is -2.14. The van der Waals surface area contributed by atoms with Gasteiger partial charge in [-0.15, -0.1) is 0 Å². The molecular formula is C12H10ClF3N2O3S. The fourth-order valence-electron chi connectivity index (χ4n) is 1.78. The summed E-state index contributed by atoms with van der Waals surface area (Å²) >= 11 is 5.78. The molecule has 0 bridgehead atoms. The lowest BCUT2D eigenvalue weighted by molar-refractivity contribution is -0.0500. The minimum Gasteiger partial charge on any atom is -0.355 e. The van der Waals surface area contributed by atoms with Crippen LogP contribution in [0.15, 0.2) is 18.5 Å². The lowest BCUT2D eigenvalue weighted by atomic mass is 10.00. The summed E-state index contributed by atoms with van der Waals surface area (Å²) < 4.78 is 63.6. The van der Waals surface area contributed by atoms with Gasteiger partial charge in [0.2, 0.25) is 5.88 Å². The molecule has 2 heterocycles. The predicted octanol–water partition coefficient (Wildman–Crippen LogP) is 3.64. The van der Waals surface area contributed by atoms with Gasteiger partial charge in [0.25, 0.3) is 0 Å². The number of alkyl halides is 3. The van der Waals surface area contributed by atoms with E-state index < -0.39 is 21.5 Å². The van der Waals surface area contributed by atoms with E-state index >= 15 is 0 Å². The SMILES string of the molecule is CC(C)c1cnc(OS(=O)(=O)C(F)(F)F)c2cnc(Cl)cc12. The van der Waals surface area contributed by atoms with Crippen LogP contribution in [0.5, 0.6) is 5.88 Å². The predicted molar refractivity (Wildman–Crippen MR) is 74.2 cm³/mol. The Morgan fingerprint density at radius 2 is 1.82 bits per heavy atom. The minimum absolute atomic E-state index is 0.0123. The highest BCUT2D eigenvalue weighted by Gasteiger charge is 2.49. The summed E-state index contributed by atoms with van der Waals surface area (Å²) in [6, 6.07) is 1.42. The molecule has 0 atom stereocenters. The molecule has 0 N–H and O–H groups in total. The van der Waals surface area contributed by atoms with E-state index in [0.717, 1.165) is 6.20 Å². The number of pyridine rings is 2. The molecule has 2 aromatic rings. The van der Waals surface area contributed by atoms with Crippen LogP contribution in [0.3, 0.4) is 0 Å². The number of aromatic nitrogens is 2. The Bertz CT molecular complexity index is 822. The van der Waals surface area contributed by atoms with E-state index in [4.69, 9.17) is 11.6 Å². The molecule has 22 heavy (non-hydrogen) atoms. The highest BCUT2D eigenvalue weighted by molar-refractivity contribution is 7.88. The van der Waals surface area contributed by atoms with E-state index in [1.165, 1.54) is 12.3 Å². The van der Waals surface area contributed by atoms with Crippen molar-refractivity contribution in [2.24, 2.45) is 0 Å². The van der Waals surface area contributed by atoms with Crippen molar-refractivity contribution in [1.82, 2.24) is 9.97 Å². The van der Waals surface area contributed by atoms with Crippen molar-refractivity contribution in [3.05, 3.63) is 29.2 Å². The van der Waals surface area contributed by atoms with Crippen LogP contribution in [0, 0.1) is 0 Å². The summed E-state index contributed by atoms with van der Waals surface area (Å²) in [4.78, 5) is 7.40. The molecule has 5 nitrogen and oxygen atoms in total. The molecule has 10 heteroatoms. The van der Waals surface area contributed by atoms with E-state index in [-0.39, 0.29) is 16.5 Å². The maximum atomic E-state index is 12.4. The van der Waals surface area contributed by atoms with E-state index in [1.54, 1.807) is 0 Å². The fourth-order valence-corrected chi connectivity index (χ4v) is 2.38. The summed E-state index contributed by atoms with van der Waals surface area (Å²) in [6.07, 6.45) is 2.38. The molecule has 0 aliphatic carbocycles. The van der Waals surface area contributed by atoms with Crippen LogP contribution in [-0.4, -0.2) is 23.9 Å². The van der Waals surface area contributed by atoms with Crippen LogP contribution < -0.4 is 4.18 Å². The Labute approximate surface area is 129 Å². The Morgan fingerprint density at radius 1 is 1.18 bits per heavy atom. The molecule has 120 valence electrons. The molecular weight excluding hydrogens is 345 g/mol. The third-order valence-corrected chi connectivity index (χ3v) is 3.98. The van der Waals surface area contributed by atoms with Gasteiger partial charge in [-0.25, -0.2) is 9.97 Å². The lowest BCUT2D eigenvalue weighted by Crippen LogP contribution is -2.28. The topological polar surface area (TPSA) is 69.2 Å². The molecule has 0 aliphatic rings. The first kappa shape index (κ1) is 16.8. The number of hydrogen-bond acceptors (Lipinski definition) is 5. The monoisotopic (exact) mass is 354 g/mol. The highest BCUT2D eigenvalue weighted by atomic mass is 35.5. The number of nitrogens with zero attached hydrogens (tertiary/aromatic N) is 2. The first-order chi connectivity index (χ1) is 10.0. The zero-order valence-corrected chi connectivity index (χ0v) is 12.9. The number of fused-ring (bicyclic) bond motifs is 1. The van der Waals surface area contributed by atoms with Crippen molar-refractivity contribution in [3.8, 4) is 5.88 Å². The maximum Gasteiger partial charge on any atom is 0.534 e. The molecule has 0 amide bonds. The zero-order chi connectivity index (χ0) is 16.7. The average Bonchev–Trinajstić information content (AvgIpc) is 2.36. The normalized spacial score (nSPS) is 12.9. The highest BCUT2D eigenvalue weighted by Crippen LogP contribution is 2.34. The standard InChI is InChI=1S/C12H10ClF3N2O3S/c1-6(2)8-4-18-11(21-22(19,20)12(14,15)16)9-5-17-10(13)3-7(8)9/h3-6H,1-2H3. The van der Waals surface area contributed by atoms with Gasteiger partial charge in [-0.05, 0) is 22.9 Å². The van der Waals surface area contributed by atoms with Crippen molar-refractivity contribution in [2.75, 3.05) is 0 Å². The van der Waals surface area contributed by atoms with E-state index in [1.807, 2.05) is 13.8 Å². The van der Waals surface area contributed by atoms with Crippen LogP contribution in [0.4, 0.5) is 13.2 Å². The molecule has 0 aliphatic heterocycles.